The Bertz CT molecular complexity index is 3140. The Hall–Kier alpha value is -8.16. The molecule has 378 valence electrons. The number of cyclic esters (lactones) is 1. The molecule has 15 nitrogen and oxygen atoms in total. The lowest BCUT2D eigenvalue weighted by atomic mass is 9.64. The summed E-state index contributed by atoms with van der Waals surface area (Å²) >= 11 is 0. The third-order valence-electron chi connectivity index (χ3n) is 14.5. The molecule has 1 spiro atoms. The number of imide groups is 1. The van der Waals surface area contributed by atoms with Crippen molar-refractivity contribution in [3.8, 4) is 34.8 Å². The molecule has 6 atom stereocenters. The van der Waals surface area contributed by atoms with Crippen LogP contribution in [0.1, 0.15) is 62.7 Å². The van der Waals surface area contributed by atoms with Crippen LogP contribution in [0.15, 0.2) is 140 Å². The zero-order valence-electron chi connectivity index (χ0n) is 41.4. The van der Waals surface area contributed by atoms with Gasteiger partial charge >= 0.3 is 12.1 Å². The number of esters is 1. The SMILES string of the molecule is COCCOC(=O)N1C(=O)C2(c3cc(C#Cc4ccc(OC)cc4)ccc31)C(C(=O)N1CCc3cc(OC)c(OC)cc3C1)C1C(=O)OC(c3ccccc3)C(c3ccccc3)N1C2c1ccccc1OCCO. The molecule has 4 aliphatic rings. The van der Waals surface area contributed by atoms with Crippen molar-refractivity contribution in [1.82, 2.24) is 9.80 Å². The Kier molecular flexibility index (Phi) is 14.1. The minimum atomic E-state index is -2.12. The number of fused-ring (bicyclic) bond motifs is 4. The molecule has 0 radical (unpaired) electrons. The van der Waals surface area contributed by atoms with Crippen LogP contribution in [0, 0.1) is 17.8 Å². The van der Waals surface area contributed by atoms with Gasteiger partial charge in [0.25, 0.3) is 0 Å². The van der Waals surface area contributed by atoms with Gasteiger partial charge in [0.2, 0.25) is 11.8 Å². The van der Waals surface area contributed by atoms with Crippen molar-refractivity contribution in [3.05, 3.63) is 184 Å². The average molecular weight is 998 g/mol. The summed E-state index contributed by atoms with van der Waals surface area (Å²) in [7, 11) is 6.16. The van der Waals surface area contributed by atoms with Gasteiger partial charge in [0, 0.05) is 36.9 Å². The van der Waals surface area contributed by atoms with Gasteiger partial charge in [0.15, 0.2) is 11.5 Å². The first-order valence-electron chi connectivity index (χ1n) is 24.4. The second kappa shape index (κ2) is 21.1. The molecule has 3 amide bonds. The van der Waals surface area contributed by atoms with E-state index in [1.165, 1.54) is 7.11 Å². The van der Waals surface area contributed by atoms with E-state index in [-0.39, 0.29) is 50.8 Å². The number of nitrogens with zero attached hydrogens (tertiary/aromatic N) is 3. The first-order valence-corrected chi connectivity index (χ1v) is 24.4. The molecule has 6 aromatic carbocycles. The van der Waals surface area contributed by atoms with Crippen molar-refractivity contribution < 1.29 is 57.4 Å². The Morgan fingerprint density at radius 2 is 1.36 bits per heavy atom. The van der Waals surface area contributed by atoms with Gasteiger partial charge in [-0.25, -0.2) is 9.69 Å². The van der Waals surface area contributed by atoms with Crippen molar-refractivity contribution in [2.45, 2.75) is 42.6 Å². The molecular formula is C59H55N3O12. The molecule has 2 fully saturated rings. The number of anilines is 1. The van der Waals surface area contributed by atoms with E-state index < -0.39 is 59.4 Å². The minimum absolute atomic E-state index is 0.0411. The summed E-state index contributed by atoms with van der Waals surface area (Å²) < 4.78 is 40.8. The van der Waals surface area contributed by atoms with Crippen LogP contribution in [0.5, 0.6) is 23.0 Å². The van der Waals surface area contributed by atoms with E-state index >= 15 is 14.4 Å². The molecule has 4 heterocycles. The van der Waals surface area contributed by atoms with Gasteiger partial charge in [-0.15, -0.1) is 0 Å². The average Bonchev–Trinajstić information content (AvgIpc) is 3.91. The quantitative estimate of drug-likeness (QED) is 0.0688. The highest BCUT2D eigenvalue weighted by atomic mass is 16.6. The minimum Gasteiger partial charge on any atom is -0.497 e. The van der Waals surface area contributed by atoms with Crippen LogP contribution in [-0.2, 0) is 47.0 Å². The summed E-state index contributed by atoms with van der Waals surface area (Å²) in [4.78, 5) is 68.5. The number of aliphatic hydroxyl groups excluding tert-OH is 1. The highest BCUT2D eigenvalue weighted by molar-refractivity contribution is 6.23. The molecule has 6 unspecified atom stereocenters. The molecule has 0 bridgehead atoms. The molecule has 4 aliphatic heterocycles. The highest BCUT2D eigenvalue weighted by Crippen LogP contribution is 2.67. The molecule has 0 aromatic heterocycles. The van der Waals surface area contributed by atoms with Crippen molar-refractivity contribution in [2.24, 2.45) is 5.92 Å². The van der Waals surface area contributed by atoms with Gasteiger partial charge in [-0.1, -0.05) is 90.7 Å². The van der Waals surface area contributed by atoms with E-state index in [4.69, 9.17) is 33.2 Å². The second-order valence-electron chi connectivity index (χ2n) is 18.3. The first-order chi connectivity index (χ1) is 36.2. The van der Waals surface area contributed by atoms with Crippen LogP contribution in [-0.4, -0.2) is 106 Å². The smallest absolute Gasteiger partial charge is 0.421 e. The molecular weight excluding hydrogens is 943 g/mol. The van der Waals surface area contributed by atoms with E-state index in [1.54, 1.807) is 80.8 Å². The number of morpholine rings is 1. The van der Waals surface area contributed by atoms with Gasteiger partial charge in [0.05, 0.1) is 58.2 Å². The fraction of sp³-hybridized carbons (Fsp3) is 0.288. The number of carbonyl (C=O) groups excluding carboxylic acids is 4. The van der Waals surface area contributed by atoms with Gasteiger partial charge < -0.3 is 43.2 Å². The molecule has 6 aromatic rings. The molecule has 74 heavy (non-hydrogen) atoms. The highest BCUT2D eigenvalue weighted by Gasteiger charge is 2.76. The molecule has 2 saturated heterocycles. The van der Waals surface area contributed by atoms with Gasteiger partial charge in [-0.3, -0.25) is 19.3 Å². The number of hydrogen-bond acceptors (Lipinski definition) is 13. The van der Waals surface area contributed by atoms with Crippen LogP contribution < -0.4 is 23.8 Å². The van der Waals surface area contributed by atoms with E-state index in [2.05, 4.69) is 11.8 Å². The van der Waals surface area contributed by atoms with Crippen molar-refractivity contribution >= 4 is 29.6 Å². The number of ether oxygens (including phenoxy) is 7. The summed E-state index contributed by atoms with van der Waals surface area (Å²) in [6.45, 7) is -0.293. The zero-order chi connectivity index (χ0) is 51.5. The molecule has 0 aliphatic carbocycles. The maximum atomic E-state index is 16.8. The predicted molar refractivity (Wildman–Crippen MR) is 272 cm³/mol. The van der Waals surface area contributed by atoms with Crippen molar-refractivity contribution in [3.63, 3.8) is 0 Å². The summed E-state index contributed by atoms with van der Waals surface area (Å²) in [5.74, 6) is 4.84. The van der Waals surface area contributed by atoms with E-state index in [0.717, 1.165) is 21.6 Å². The largest absolute Gasteiger partial charge is 0.497 e. The maximum Gasteiger partial charge on any atom is 0.421 e. The number of rotatable bonds is 13. The standard InChI is InChI=1S/C59H55N3O12/c1-68-31-32-73-58(67)61-46-26-23-38(20-19-37-21-24-43(69-2)25-22-37)33-45(46)59(57(61)66)50(55(64)60-28-27-41-34-48(70-3)49(71-4)35-42(41)36-60)52-56(65)74-53(40-15-9-6-10-16-40)51(39-13-7-5-8-14-39)62(52)54(59)44-17-11-12-18-47(44)72-30-29-63/h5-18,21-26,33-35,50-54,63H,27-32,36H2,1-4H3. The lowest BCUT2D eigenvalue weighted by Gasteiger charge is -2.46. The Morgan fingerprint density at radius 3 is 2.05 bits per heavy atom. The summed E-state index contributed by atoms with van der Waals surface area (Å²) in [5.41, 5.74) is 3.00. The molecule has 15 heteroatoms. The lowest BCUT2D eigenvalue weighted by Crippen LogP contribution is -2.57. The molecule has 10 rings (SSSR count). The van der Waals surface area contributed by atoms with Crippen LogP contribution in [0.25, 0.3) is 0 Å². The van der Waals surface area contributed by atoms with E-state index in [0.29, 0.717) is 51.7 Å². The summed E-state index contributed by atoms with van der Waals surface area (Å²) in [6.07, 6.45) is -1.55. The van der Waals surface area contributed by atoms with Crippen molar-refractivity contribution in [2.75, 3.05) is 66.3 Å². The van der Waals surface area contributed by atoms with Gasteiger partial charge in [-0.05, 0) is 94.9 Å². The number of para-hydroxylation sites is 1. The fourth-order valence-corrected chi connectivity index (χ4v) is 11.3. The number of hydrogen-bond donors (Lipinski definition) is 1. The lowest BCUT2D eigenvalue weighted by molar-refractivity contribution is -0.179. The molecule has 0 saturated carbocycles. The monoisotopic (exact) mass is 997 g/mol. The number of carbonyl (C=O) groups is 4. The zero-order valence-corrected chi connectivity index (χ0v) is 41.4. The van der Waals surface area contributed by atoms with Gasteiger partial charge in [0.1, 0.15) is 42.3 Å². The number of benzene rings is 6. The number of methoxy groups -OCH3 is 4. The van der Waals surface area contributed by atoms with Crippen LogP contribution >= 0.6 is 0 Å². The number of aliphatic hydroxyl groups is 1. The van der Waals surface area contributed by atoms with Gasteiger partial charge in [-0.2, -0.15) is 0 Å². The topological polar surface area (TPSA) is 163 Å². The van der Waals surface area contributed by atoms with Crippen molar-refractivity contribution in [1.29, 1.82) is 0 Å². The fourth-order valence-electron chi connectivity index (χ4n) is 11.3. The van der Waals surface area contributed by atoms with E-state index in [1.807, 2.05) is 89.8 Å². The predicted octanol–water partition coefficient (Wildman–Crippen LogP) is 7.52. The molecule has 1 N–H and O–H groups in total. The Balaban J connectivity index is 1.28. The number of amides is 3. The Morgan fingerprint density at radius 1 is 0.703 bits per heavy atom. The summed E-state index contributed by atoms with van der Waals surface area (Å²) in [6, 6.07) is 38.5. The summed E-state index contributed by atoms with van der Waals surface area (Å²) in [5, 5.41) is 10.2. The van der Waals surface area contributed by atoms with E-state index in [9.17, 15) is 9.90 Å². The first kappa shape index (κ1) is 49.4. The van der Waals surface area contributed by atoms with Crippen LogP contribution in [0.4, 0.5) is 10.5 Å². The Labute approximate surface area is 429 Å². The normalized spacial score (nSPS) is 21.7. The third-order valence-corrected chi connectivity index (χ3v) is 14.5. The van der Waals surface area contributed by atoms with Crippen LogP contribution in [0.3, 0.4) is 0 Å². The maximum absolute atomic E-state index is 16.8. The second-order valence-corrected chi connectivity index (χ2v) is 18.3. The van der Waals surface area contributed by atoms with Crippen LogP contribution in [0.2, 0.25) is 0 Å². The third kappa shape index (κ3) is 8.64.